The molecule has 0 spiro atoms. The van der Waals surface area contributed by atoms with E-state index in [1.165, 1.54) is 0 Å². The fourth-order valence-electron chi connectivity index (χ4n) is 2.96. The minimum Gasteiger partial charge on any atom is -0.497 e. The fourth-order valence-corrected chi connectivity index (χ4v) is 2.96. The molecule has 0 heterocycles. The molecule has 0 fully saturated rings. The summed E-state index contributed by atoms with van der Waals surface area (Å²) in [6.45, 7) is 4.09. The topological polar surface area (TPSA) is 67.9 Å². The second-order valence-electron chi connectivity index (χ2n) is 6.45. The Balaban J connectivity index is 2.17. The van der Waals surface area contributed by atoms with Crippen LogP contribution < -0.4 is 14.8 Å². The third-order valence-electron chi connectivity index (χ3n) is 4.66. The van der Waals surface area contributed by atoms with Crippen molar-refractivity contribution in [1.29, 1.82) is 0 Å². The van der Waals surface area contributed by atoms with Gasteiger partial charge in [0.05, 0.1) is 7.11 Å². The number of ether oxygens (including phenoxy) is 2. The minimum absolute atomic E-state index is 0.147. The van der Waals surface area contributed by atoms with Gasteiger partial charge < -0.3 is 19.7 Å². The molecule has 0 aliphatic carbocycles. The van der Waals surface area contributed by atoms with Gasteiger partial charge in [0.1, 0.15) is 17.5 Å². The van der Waals surface area contributed by atoms with Crippen molar-refractivity contribution in [3.63, 3.8) is 0 Å². The van der Waals surface area contributed by atoms with Crippen molar-refractivity contribution in [3.8, 4) is 11.5 Å². The SMILES string of the molecule is CCC(C(=O)NC)N(Cc1ccccc1C)C(=O)COc1ccc(OC)cc1. The molecule has 2 amide bonds. The van der Waals surface area contributed by atoms with E-state index in [9.17, 15) is 9.59 Å². The monoisotopic (exact) mass is 384 g/mol. The molecule has 1 atom stereocenters. The van der Waals surface area contributed by atoms with Crippen molar-refractivity contribution in [1.82, 2.24) is 10.2 Å². The summed E-state index contributed by atoms with van der Waals surface area (Å²) in [5, 5.41) is 2.65. The molecule has 2 aromatic carbocycles. The molecule has 0 radical (unpaired) electrons. The highest BCUT2D eigenvalue weighted by molar-refractivity contribution is 5.88. The molecule has 1 N–H and O–H groups in total. The molecule has 150 valence electrons. The van der Waals surface area contributed by atoms with Crippen LogP contribution in [0.4, 0.5) is 0 Å². The number of methoxy groups -OCH3 is 1. The number of hydrogen-bond donors (Lipinski definition) is 1. The molecule has 0 bridgehead atoms. The molecule has 0 saturated heterocycles. The van der Waals surface area contributed by atoms with Gasteiger partial charge in [-0.15, -0.1) is 0 Å². The van der Waals surface area contributed by atoms with Crippen LogP contribution in [0.25, 0.3) is 0 Å². The van der Waals surface area contributed by atoms with E-state index in [-0.39, 0.29) is 18.4 Å². The molecule has 1 unspecified atom stereocenters. The first-order valence-corrected chi connectivity index (χ1v) is 9.32. The smallest absolute Gasteiger partial charge is 0.261 e. The number of carbonyl (C=O) groups excluding carboxylic acids is 2. The molecule has 0 aliphatic rings. The van der Waals surface area contributed by atoms with E-state index in [4.69, 9.17) is 9.47 Å². The molecule has 6 nitrogen and oxygen atoms in total. The first kappa shape index (κ1) is 21.3. The number of aryl methyl sites for hydroxylation is 1. The van der Waals surface area contributed by atoms with Gasteiger partial charge in [-0.05, 0) is 48.7 Å². The van der Waals surface area contributed by atoms with Crippen molar-refractivity contribution in [2.24, 2.45) is 0 Å². The minimum atomic E-state index is -0.559. The predicted molar refractivity (Wildman–Crippen MR) is 108 cm³/mol. The van der Waals surface area contributed by atoms with Crippen LogP contribution in [0.15, 0.2) is 48.5 Å². The Labute approximate surface area is 166 Å². The summed E-state index contributed by atoms with van der Waals surface area (Å²) < 4.78 is 10.8. The van der Waals surface area contributed by atoms with Gasteiger partial charge in [0.25, 0.3) is 5.91 Å². The summed E-state index contributed by atoms with van der Waals surface area (Å²) in [4.78, 5) is 26.9. The van der Waals surface area contributed by atoms with Crippen LogP contribution in [-0.2, 0) is 16.1 Å². The van der Waals surface area contributed by atoms with Crippen LogP contribution in [0.1, 0.15) is 24.5 Å². The Morgan fingerprint density at radius 2 is 1.71 bits per heavy atom. The summed E-state index contributed by atoms with van der Waals surface area (Å²) >= 11 is 0. The number of nitrogens with one attached hydrogen (secondary N) is 1. The summed E-state index contributed by atoms with van der Waals surface area (Å²) in [5.74, 6) is 0.854. The lowest BCUT2D eigenvalue weighted by atomic mass is 10.1. The highest BCUT2D eigenvalue weighted by Crippen LogP contribution is 2.19. The van der Waals surface area contributed by atoms with E-state index >= 15 is 0 Å². The molecule has 2 rings (SSSR count). The number of likely N-dealkylation sites (N-methyl/N-ethyl adjacent to an activating group) is 1. The summed E-state index contributed by atoms with van der Waals surface area (Å²) in [5.41, 5.74) is 2.07. The van der Waals surface area contributed by atoms with Crippen molar-refractivity contribution in [3.05, 3.63) is 59.7 Å². The van der Waals surface area contributed by atoms with Gasteiger partial charge in [-0.25, -0.2) is 0 Å². The van der Waals surface area contributed by atoms with Gasteiger partial charge in [0, 0.05) is 13.6 Å². The molecular formula is C22H28N2O4. The fraction of sp³-hybridized carbons (Fsp3) is 0.364. The lowest BCUT2D eigenvalue weighted by Crippen LogP contribution is -2.49. The van der Waals surface area contributed by atoms with E-state index in [1.807, 2.05) is 38.1 Å². The molecule has 2 aromatic rings. The number of amides is 2. The van der Waals surface area contributed by atoms with Gasteiger partial charge in [-0.3, -0.25) is 9.59 Å². The normalized spacial score (nSPS) is 11.4. The lowest BCUT2D eigenvalue weighted by Gasteiger charge is -2.30. The Bertz CT molecular complexity index is 789. The van der Waals surface area contributed by atoms with E-state index in [2.05, 4.69) is 5.32 Å². The Hall–Kier alpha value is -3.02. The first-order chi connectivity index (χ1) is 13.5. The van der Waals surface area contributed by atoms with E-state index in [0.29, 0.717) is 24.5 Å². The van der Waals surface area contributed by atoms with E-state index < -0.39 is 6.04 Å². The predicted octanol–water partition coefficient (Wildman–Crippen LogP) is 2.94. The Kier molecular flexibility index (Phi) is 7.87. The molecular weight excluding hydrogens is 356 g/mol. The first-order valence-electron chi connectivity index (χ1n) is 9.32. The average Bonchev–Trinajstić information content (AvgIpc) is 2.73. The van der Waals surface area contributed by atoms with E-state index in [1.54, 1.807) is 43.3 Å². The number of rotatable bonds is 9. The molecule has 6 heteroatoms. The van der Waals surface area contributed by atoms with Crippen molar-refractivity contribution in [2.75, 3.05) is 20.8 Å². The van der Waals surface area contributed by atoms with Crippen LogP contribution in [0, 0.1) is 6.92 Å². The highest BCUT2D eigenvalue weighted by atomic mass is 16.5. The number of carbonyl (C=O) groups is 2. The quantitative estimate of drug-likeness (QED) is 0.722. The third-order valence-corrected chi connectivity index (χ3v) is 4.66. The third kappa shape index (κ3) is 5.49. The average molecular weight is 384 g/mol. The summed E-state index contributed by atoms with van der Waals surface area (Å²) in [7, 11) is 3.17. The molecule has 28 heavy (non-hydrogen) atoms. The van der Waals surface area contributed by atoms with Crippen LogP contribution in [-0.4, -0.2) is 43.5 Å². The molecule has 0 aliphatic heterocycles. The zero-order valence-electron chi connectivity index (χ0n) is 16.9. The van der Waals surface area contributed by atoms with Crippen molar-refractivity contribution >= 4 is 11.8 Å². The van der Waals surface area contributed by atoms with Crippen LogP contribution in [0.3, 0.4) is 0 Å². The zero-order valence-corrected chi connectivity index (χ0v) is 16.9. The zero-order chi connectivity index (χ0) is 20.5. The van der Waals surface area contributed by atoms with Crippen LogP contribution in [0.2, 0.25) is 0 Å². The maximum absolute atomic E-state index is 13.0. The second-order valence-corrected chi connectivity index (χ2v) is 6.45. The maximum Gasteiger partial charge on any atom is 0.261 e. The largest absolute Gasteiger partial charge is 0.497 e. The van der Waals surface area contributed by atoms with Crippen LogP contribution >= 0.6 is 0 Å². The molecule has 0 saturated carbocycles. The van der Waals surface area contributed by atoms with Crippen molar-refractivity contribution < 1.29 is 19.1 Å². The standard InChI is InChI=1S/C22H28N2O4/c1-5-20(22(26)23-3)24(14-17-9-7-6-8-16(17)2)21(25)15-28-19-12-10-18(27-4)11-13-19/h6-13,20H,5,14-15H2,1-4H3,(H,23,26). The Morgan fingerprint density at radius 3 is 2.29 bits per heavy atom. The lowest BCUT2D eigenvalue weighted by molar-refractivity contribution is -0.142. The van der Waals surface area contributed by atoms with Gasteiger partial charge in [0.15, 0.2) is 6.61 Å². The second kappa shape index (κ2) is 10.3. The van der Waals surface area contributed by atoms with E-state index in [0.717, 1.165) is 11.1 Å². The maximum atomic E-state index is 13.0. The van der Waals surface area contributed by atoms with Crippen molar-refractivity contribution in [2.45, 2.75) is 32.9 Å². The van der Waals surface area contributed by atoms with Gasteiger partial charge in [-0.1, -0.05) is 31.2 Å². The van der Waals surface area contributed by atoms with Crippen LogP contribution in [0.5, 0.6) is 11.5 Å². The molecule has 0 aromatic heterocycles. The van der Waals surface area contributed by atoms with Gasteiger partial charge in [-0.2, -0.15) is 0 Å². The number of nitrogens with zero attached hydrogens (tertiary/aromatic N) is 1. The number of hydrogen-bond acceptors (Lipinski definition) is 4. The summed E-state index contributed by atoms with van der Waals surface area (Å²) in [6.07, 6.45) is 0.514. The number of benzene rings is 2. The highest BCUT2D eigenvalue weighted by Gasteiger charge is 2.28. The van der Waals surface area contributed by atoms with Gasteiger partial charge in [0.2, 0.25) is 5.91 Å². The summed E-state index contributed by atoms with van der Waals surface area (Å²) in [6, 6.07) is 14.3. The van der Waals surface area contributed by atoms with Gasteiger partial charge >= 0.3 is 0 Å². The Morgan fingerprint density at radius 1 is 1.07 bits per heavy atom.